The van der Waals surface area contributed by atoms with Crippen molar-refractivity contribution < 1.29 is 33.6 Å². The Morgan fingerprint density at radius 2 is 1.57 bits per heavy atom. The van der Waals surface area contributed by atoms with Gasteiger partial charge in [-0.2, -0.15) is 11.3 Å². The van der Waals surface area contributed by atoms with Crippen LogP contribution in [0.15, 0.2) is 53.2 Å². The summed E-state index contributed by atoms with van der Waals surface area (Å²) in [5.41, 5.74) is 6.37. The van der Waals surface area contributed by atoms with Gasteiger partial charge < -0.3 is 16.4 Å². The molecule has 1 aliphatic carbocycles. The number of unbranched alkanes of at least 4 members (excludes halogenated alkanes) is 3. The van der Waals surface area contributed by atoms with Gasteiger partial charge in [0.25, 0.3) is 11.8 Å². The number of urea groups is 1. The Bertz CT molecular complexity index is 1570. The molecule has 51 heavy (non-hydrogen) atoms. The number of ketones is 3. The molecule has 1 aliphatic heterocycles. The summed E-state index contributed by atoms with van der Waals surface area (Å²) >= 11 is 7.38. The number of nitrogens with zero attached hydrogens (tertiary/aromatic N) is 1. The summed E-state index contributed by atoms with van der Waals surface area (Å²) in [4.78, 5) is 90.5. The fourth-order valence-electron chi connectivity index (χ4n) is 6.68. The maximum atomic E-state index is 14.0. The van der Waals surface area contributed by atoms with Crippen molar-refractivity contribution in [1.29, 1.82) is 0 Å². The highest BCUT2D eigenvalue weighted by Crippen LogP contribution is 2.47. The van der Waals surface area contributed by atoms with Crippen LogP contribution in [-0.4, -0.2) is 59.1 Å². The summed E-state index contributed by atoms with van der Waals surface area (Å²) in [6.07, 6.45) is 8.21. The van der Waals surface area contributed by atoms with Crippen LogP contribution >= 0.6 is 22.9 Å². The van der Waals surface area contributed by atoms with Crippen LogP contribution < -0.4 is 16.4 Å². The number of anilines is 1. The molecule has 1 fully saturated rings. The Kier molecular flexibility index (Phi) is 15.1. The number of hydrogen-bond donors (Lipinski definition) is 3. The minimum absolute atomic E-state index is 0.0440. The molecule has 13 heteroatoms. The van der Waals surface area contributed by atoms with Crippen molar-refractivity contribution in [3.8, 4) is 0 Å². The maximum absolute atomic E-state index is 14.0. The van der Waals surface area contributed by atoms with Crippen molar-refractivity contribution in [1.82, 2.24) is 10.2 Å². The van der Waals surface area contributed by atoms with Crippen LogP contribution in [0.4, 0.5) is 10.5 Å². The number of nitrogens with one attached hydrogen (secondary N) is 2. The Morgan fingerprint density at radius 3 is 2.18 bits per heavy atom. The zero-order valence-electron chi connectivity index (χ0n) is 28.8. The molecule has 0 saturated heterocycles. The van der Waals surface area contributed by atoms with Crippen LogP contribution in [0.5, 0.6) is 0 Å². The molecule has 2 aromatic rings. The summed E-state index contributed by atoms with van der Waals surface area (Å²) < 4.78 is 0. The third kappa shape index (κ3) is 11.4. The second-order valence-electron chi connectivity index (χ2n) is 13.5. The van der Waals surface area contributed by atoms with E-state index < -0.39 is 17.4 Å². The SMILES string of the molecule is NC(=O)NCCC[C@H](CC(=O)C1(C(=O)C[C@H](CC(=O)CCCCCCN2C(=O)C=CC2=O)c2ccsc2)CCC1)C(=O)Nc1ccc(CCl)cc1. The predicted molar refractivity (Wildman–Crippen MR) is 196 cm³/mol. The van der Waals surface area contributed by atoms with Crippen molar-refractivity contribution in [3.05, 3.63) is 64.4 Å². The zero-order chi connectivity index (χ0) is 36.8. The predicted octanol–water partition coefficient (Wildman–Crippen LogP) is 6.20. The van der Waals surface area contributed by atoms with Crippen molar-refractivity contribution in [2.75, 3.05) is 18.4 Å². The number of rotatable bonds is 23. The number of imide groups is 1. The van der Waals surface area contributed by atoms with E-state index in [1.54, 1.807) is 24.3 Å². The fraction of sp³-hybridized carbons (Fsp3) is 0.500. The minimum Gasteiger partial charge on any atom is -0.352 e. The topological polar surface area (TPSA) is 173 Å². The highest BCUT2D eigenvalue weighted by molar-refractivity contribution is 7.08. The molecule has 4 N–H and O–H groups in total. The van der Waals surface area contributed by atoms with E-state index in [0.717, 1.165) is 30.4 Å². The van der Waals surface area contributed by atoms with Crippen molar-refractivity contribution in [3.63, 3.8) is 0 Å². The zero-order valence-corrected chi connectivity index (χ0v) is 30.4. The first-order valence-electron chi connectivity index (χ1n) is 17.7. The fourth-order valence-corrected chi connectivity index (χ4v) is 7.60. The molecule has 2 aliphatic rings. The second-order valence-corrected chi connectivity index (χ2v) is 14.5. The molecule has 0 bridgehead atoms. The summed E-state index contributed by atoms with van der Waals surface area (Å²) in [7, 11) is 0. The second kappa shape index (κ2) is 19.4. The van der Waals surface area contributed by atoms with Crippen LogP contribution in [0.1, 0.15) is 101 Å². The van der Waals surface area contributed by atoms with Gasteiger partial charge in [0.2, 0.25) is 5.91 Å². The van der Waals surface area contributed by atoms with Crippen LogP contribution in [0, 0.1) is 11.3 Å². The van der Waals surface area contributed by atoms with E-state index in [1.165, 1.54) is 28.4 Å². The largest absolute Gasteiger partial charge is 0.352 e. The number of primary amides is 1. The van der Waals surface area contributed by atoms with E-state index in [0.29, 0.717) is 63.1 Å². The average molecular weight is 739 g/mol. The summed E-state index contributed by atoms with van der Waals surface area (Å²) in [6.45, 7) is 0.610. The molecule has 0 unspecified atom stereocenters. The third-order valence-electron chi connectivity index (χ3n) is 9.89. The van der Waals surface area contributed by atoms with Crippen LogP contribution in [0.3, 0.4) is 0 Å². The Balaban J connectivity index is 1.34. The smallest absolute Gasteiger partial charge is 0.312 e. The number of nitrogens with two attached hydrogens (primary N) is 1. The number of alkyl halides is 1. The van der Waals surface area contributed by atoms with Gasteiger partial charge in [-0.1, -0.05) is 31.4 Å². The molecule has 5 amide bonds. The molecule has 1 aromatic heterocycles. The monoisotopic (exact) mass is 738 g/mol. The Hall–Kier alpha value is -4.16. The van der Waals surface area contributed by atoms with E-state index in [9.17, 15) is 33.6 Å². The van der Waals surface area contributed by atoms with E-state index in [4.69, 9.17) is 17.3 Å². The van der Waals surface area contributed by atoms with Gasteiger partial charge in [0.1, 0.15) is 17.3 Å². The molecule has 2 atom stereocenters. The summed E-state index contributed by atoms with van der Waals surface area (Å²) in [6, 6.07) is 8.34. The molecule has 1 aromatic carbocycles. The van der Waals surface area contributed by atoms with Crippen molar-refractivity contribution in [2.24, 2.45) is 17.1 Å². The number of carbonyl (C=O) groups is 7. The van der Waals surface area contributed by atoms with Gasteiger partial charge in [0, 0.05) is 68.4 Å². The standard InChI is InChI=1S/C38H47ClN4O7S/c39-24-26-9-11-30(12-10-26)42-36(49)27(7-5-18-41-37(40)50)22-32(45)38(16-6-17-38)33(46)23-29(28-15-20-51-25-28)21-31(44)8-3-1-2-4-19-43-34(47)13-14-35(43)48/h9-15,20,25,27,29H,1-8,16-19,21-24H2,(H,42,49)(H3,40,41,50)/t27-,29+/m1/s1. The lowest BCUT2D eigenvalue weighted by atomic mass is 9.60. The first kappa shape index (κ1) is 39.6. The first-order chi connectivity index (χ1) is 24.5. The molecule has 0 radical (unpaired) electrons. The van der Waals surface area contributed by atoms with E-state index in [1.807, 2.05) is 16.8 Å². The molecule has 2 heterocycles. The number of Topliss-reactive ketones (excluding diaryl/α,β-unsaturated/α-hetero) is 3. The number of amides is 5. The third-order valence-corrected chi connectivity index (χ3v) is 10.9. The molecular formula is C38H47ClN4O7S. The van der Waals surface area contributed by atoms with Crippen LogP contribution in [0.25, 0.3) is 0 Å². The van der Waals surface area contributed by atoms with Crippen LogP contribution in [0.2, 0.25) is 0 Å². The summed E-state index contributed by atoms with van der Waals surface area (Å²) in [5, 5.41) is 9.25. The molecule has 11 nitrogen and oxygen atoms in total. The Morgan fingerprint density at radius 1 is 0.882 bits per heavy atom. The van der Waals surface area contributed by atoms with Gasteiger partial charge >= 0.3 is 6.03 Å². The van der Waals surface area contributed by atoms with Crippen molar-refractivity contribution in [2.45, 2.75) is 95.3 Å². The minimum atomic E-state index is -1.18. The Labute approximate surface area is 307 Å². The number of hydrogen-bond acceptors (Lipinski definition) is 8. The van der Waals surface area contributed by atoms with E-state index >= 15 is 0 Å². The highest BCUT2D eigenvalue weighted by Gasteiger charge is 2.50. The number of halogens is 1. The normalized spacial score (nSPS) is 16.0. The van der Waals surface area contributed by atoms with Crippen LogP contribution in [-0.2, 0) is 34.6 Å². The molecule has 274 valence electrons. The molecule has 1 saturated carbocycles. The number of thiophene rings is 1. The van der Waals surface area contributed by atoms with Gasteiger partial charge in [-0.15, -0.1) is 11.6 Å². The lowest BCUT2D eigenvalue weighted by Gasteiger charge is -2.40. The van der Waals surface area contributed by atoms with E-state index in [-0.39, 0.29) is 66.8 Å². The van der Waals surface area contributed by atoms with Gasteiger partial charge in [-0.25, -0.2) is 4.79 Å². The van der Waals surface area contributed by atoms with Gasteiger partial charge in [-0.3, -0.25) is 33.7 Å². The van der Waals surface area contributed by atoms with Crippen molar-refractivity contribution >= 4 is 69.7 Å². The first-order valence-corrected chi connectivity index (χ1v) is 19.1. The lowest BCUT2D eigenvalue weighted by molar-refractivity contribution is -0.148. The highest BCUT2D eigenvalue weighted by atomic mass is 35.5. The van der Waals surface area contributed by atoms with E-state index in [2.05, 4.69) is 10.6 Å². The van der Waals surface area contributed by atoms with Gasteiger partial charge in [0.15, 0.2) is 0 Å². The summed E-state index contributed by atoms with van der Waals surface area (Å²) in [5.74, 6) is -2.08. The van der Waals surface area contributed by atoms with Gasteiger partial charge in [-0.05, 0) is 84.5 Å². The quantitative estimate of drug-likeness (QED) is 0.0527. The average Bonchev–Trinajstić information content (AvgIpc) is 3.73. The number of benzene rings is 1. The maximum Gasteiger partial charge on any atom is 0.312 e. The molecular weight excluding hydrogens is 692 g/mol. The molecule has 4 rings (SSSR count). The van der Waals surface area contributed by atoms with Gasteiger partial charge in [0.05, 0.1) is 5.41 Å². The number of carbonyl (C=O) groups excluding carboxylic acids is 7. The lowest BCUT2D eigenvalue weighted by Crippen LogP contribution is -2.47. The molecule has 0 spiro atoms.